The van der Waals surface area contributed by atoms with Crippen LogP contribution in [0.3, 0.4) is 0 Å². The molecule has 0 radical (unpaired) electrons. The summed E-state index contributed by atoms with van der Waals surface area (Å²) in [6, 6.07) is 5.89. The molecule has 6 nitrogen and oxygen atoms in total. The Bertz CT molecular complexity index is 1110. The van der Waals surface area contributed by atoms with Crippen molar-refractivity contribution in [3.05, 3.63) is 51.4 Å². The lowest BCUT2D eigenvalue weighted by Crippen LogP contribution is -2.22. The van der Waals surface area contributed by atoms with Gasteiger partial charge in [-0.05, 0) is 41.6 Å². The van der Waals surface area contributed by atoms with Gasteiger partial charge in [0.15, 0.2) is 0 Å². The number of fused-ring (bicyclic) bond motifs is 2. The van der Waals surface area contributed by atoms with Crippen LogP contribution in [-0.4, -0.2) is 21.8 Å². The summed E-state index contributed by atoms with van der Waals surface area (Å²) in [6.07, 6.45) is 1.46. The maximum atomic E-state index is 12.7. The first-order chi connectivity index (χ1) is 12.8. The summed E-state index contributed by atoms with van der Waals surface area (Å²) < 4.78 is 4.18. The minimum absolute atomic E-state index is 0.0897. The highest BCUT2D eigenvalue weighted by molar-refractivity contribution is 7.12. The van der Waals surface area contributed by atoms with E-state index >= 15 is 0 Å². The van der Waals surface area contributed by atoms with Crippen molar-refractivity contribution in [3.8, 4) is 0 Å². The Hall–Kier alpha value is -2.67. The van der Waals surface area contributed by atoms with Crippen LogP contribution in [0.15, 0.2) is 29.2 Å². The van der Waals surface area contributed by atoms with Gasteiger partial charge < -0.3 is 15.6 Å². The van der Waals surface area contributed by atoms with E-state index in [1.807, 2.05) is 12.1 Å². The van der Waals surface area contributed by atoms with Crippen LogP contribution in [0.4, 0.5) is 11.4 Å². The number of H-pyrrole nitrogens is 1. The fraction of sp³-hybridized carbons (Fsp3) is 0.350. The minimum atomic E-state index is -0.422. The van der Waals surface area contributed by atoms with E-state index in [1.54, 1.807) is 6.92 Å². The second-order valence-electron chi connectivity index (χ2n) is 8.06. The number of carbonyl (C=O) groups excluding carboxylic acids is 1. The van der Waals surface area contributed by atoms with E-state index in [-0.39, 0.29) is 16.4 Å². The standard InChI is InChI=1S/C20H22N4O2S/c1-10-16-17(25)13(8-22-19(16)27-24-10)18(26)23-11-5-6-12-14(20(2,3)4)9-21-15(12)7-11/h5-8,14,21H,9H2,1-4H3,(H,22,25)(H,23,26). The third-order valence-corrected chi connectivity index (χ3v) is 6.02. The molecular weight excluding hydrogens is 360 g/mol. The van der Waals surface area contributed by atoms with Crippen LogP contribution in [0.1, 0.15) is 48.3 Å². The van der Waals surface area contributed by atoms with E-state index in [4.69, 9.17) is 0 Å². The molecule has 3 N–H and O–H groups in total. The van der Waals surface area contributed by atoms with Gasteiger partial charge in [-0.1, -0.05) is 26.8 Å². The molecular formula is C20H22N4O2S. The van der Waals surface area contributed by atoms with Crippen LogP contribution in [0.25, 0.3) is 10.2 Å². The minimum Gasteiger partial charge on any atom is -0.384 e. The molecule has 1 aromatic carbocycles. The molecule has 0 saturated heterocycles. The van der Waals surface area contributed by atoms with E-state index in [9.17, 15) is 9.59 Å². The molecule has 1 aliphatic rings. The fourth-order valence-electron chi connectivity index (χ4n) is 3.63. The first-order valence-corrected chi connectivity index (χ1v) is 9.70. The Kier molecular flexibility index (Phi) is 4.07. The molecule has 3 heterocycles. The predicted octanol–water partition coefficient (Wildman–Crippen LogP) is 4.10. The summed E-state index contributed by atoms with van der Waals surface area (Å²) in [5.41, 5.74) is 3.57. The van der Waals surface area contributed by atoms with Gasteiger partial charge in [-0.25, -0.2) is 0 Å². The lowest BCUT2D eigenvalue weighted by Gasteiger charge is -2.26. The molecule has 1 atom stereocenters. The van der Waals surface area contributed by atoms with Crippen molar-refractivity contribution in [2.45, 2.75) is 33.6 Å². The molecule has 1 amide bonds. The number of amides is 1. The molecule has 27 heavy (non-hydrogen) atoms. The monoisotopic (exact) mass is 382 g/mol. The molecule has 0 aliphatic carbocycles. The van der Waals surface area contributed by atoms with E-state index in [1.165, 1.54) is 23.3 Å². The third kappa shape index (κ3) is 3.02. The van der Waals surface area contributed by atoms with Gasteiger partial charge in [0.05, 0.1) is 11.1 Å². The molecule has 2 aromatic heterocycles. The van der Waals surface area contributed by atoms with Gasteiger partial charge in [-0.15, -0.1) is 0 Å². The largest absolute Gasteiger partial charge is 0.384 e. The Morgan fingerprint density at radius 3 is 2.85 bits per heavy atom. The summed E-state index contributed by atoms with van der Waals surface area (Å²) in [7, 11) is 0. The quantitative estimate of drug-likeness (QED) is 0.623. The Balaban J connectivity index is 1.62. The van der Waals surface area contributed by atoms with Crippen molar-refractivity contribution in [2.24, 2.45) is 5.41 Å². The number of carbonyl (C=O) groups is 1. The maximum Gasteiger partial charge on any atom is 0.261 e. The van der Waals surface area contributed by atoms with Crippen molar-refractivity contribution < 1.29 is 4.79 Å². The fourth-order valence-corrected chi connectivity index (χ4v) is 4.39. The van der Waals surface area contributed by atoms with E-state index in [2.05, 4.69) is 46.8 Å². The number of pyridine rings is 1. The van der Waals surface area contributed by atoms with Crippen molar-refractivity contribution >= 4 is 39.0 Å². The van der Waals surface area contributed by atoms with Gasteiger partial charge in [-0.3, -0.25) is 9.59 Å². The highest BCUT2D eigenvalue weighted by atomic mass is 32.1. The van der Waals surface area contributed by atoms with E-state index in [0.717, 1.165) is 12.2 Å². The zero-order chi connectivity index (χ0) is 19.3. The highest BCUT2D eigenvalue weighted by Crippen LogP contribution is 2.43. The Labute approximate surface area is 161 Å². The third-order valence-electron chi connectivity index (χ3n) is 5.16. The summed E-state index contributed by atoms with van der Waals surface area (Å²) in [4.78, 5) is 29.0. The molecule has 3 aromatic rings. The molecule has 0 bridgehead atoms. The SMILES string of the molecule is Cc1nsc2[nH]cc(C(=O)Nc3ccc4c(c3)NCC4C(C)(C)C)c(=O)c12. The topological polar surface area (TPSA) is 86.9 Å². The number of benzene rings is 1. The molecule has 0 spiro atoms. The summed E-state index contributed by atoms with van der Waals surface area (Å²) in [6.45, 7) is 9.35. The molecule has 1 unspecified atom stereocenters. The molecule has 140 valence electrons. The zero-order valence-corrected chi connectivity index (χ0v) is 16.6. The summed E-state index contributed by atoms with van der Waals surface area (Å²) in [5.74, 6) is 0.00522. The predicted molar refractivity (Wildman–Crippen MR) is 110 cm³/mol. The van der Waals surface area contributed by atoms with Crippen molar-refractivity contribution in [1.82, 2.24) is 9.36 Å². The average molecular weight is 382 g/mol. The molecule has 7 heteroatoms. The lowest BCUT2D eigenvalue weighted by atomic mass is 9.78. The van der Waals surface area contributed by atoms with Gasteiger partial charge in [0.25, 0.3) is 5.91 Å². The number of aromatic amines is 1. The van der Waals surface area contributed by atoms with Crippen LogP contribution in [0, 0.1) is 12.3 Å². The van der Waals surface area contributed by atoms with E-state index < -0.39 is 5.91 Å². The smallest absolute Gasteiger partial charge is 0.261 e. The number of hydrogen-bond acceptors (Lipinski definition) is 5. The van der Waals surface area contributed by atoms with Crippen LogP contribution >= 0.6 is 11.5 Å². The van der Waals surface area contributed by atoms with Gasteiger partial charge >= 0.3 is 0 Å². The second-order valence-corrected chi connectivity index (χ2v) is 8.83. The number of hydrogen-bond donors (Lipinski definition) is 3. The van der Waals surface area contributed by atoms with Crippen molar-refractivity contribution in [2.75, 3.05) is 17.2 Å². The maximum absolute atomic E-state index is 12.7. The first-order valence-electron chi connectivity index (χ1n) is 8.92. The molecule has 1 aliphatic heterocycles. The number of nitrogens with zero attached hydrogens (tertiary/aromatic N) is 1. The first kappa shape index (κ1) is 17.7. The summed E-state index contributed by atoms with van der Waals surface area (Å²) in [5, 5.41) is 6.75. The number of anilines is 2. The van der Waals surface area contributed by atoms with Crippen molar-refractivity contribution in [1.29, 1.82) is 0 Å². The van der Waals surface area contributed by atoms with Gasteiger partial charge in [0.1, 0.15) is 10.4 Å². The highest BCUT2D eigenvalue weighted by Gasteiger charge is 2.32. The molecule has 4 rings (SSSR count). The van der Waals surface area contributed by atoms with Crippen molar-refractivity contribution in [3.63, 3.8) is 0 Å². The normalized spacial score (nSPS) is 16.2. The Morgan fingerprint density at radius 1 is 1.33 bits per heavy atom. The van der Waals surface area contributed by atoms with Crippen LogP contribution in [-0.2, 0) is 0 Å². The number of nitrogens with one attached hydrogen (secondary N) is 3. The van der Waals surface area contributed by atoms with Gasteiger partial charge in [0, 0.05) is 30.0 Å². The summed E-state index contributed by atoms with van der Waals surface area (Å²) >= 11 is 1.22. The molecule has 0 fully saturated rings. The lowest BCUT2D eigenvalue weighted by molar-refractivity contribution is 0.102. The Morgan fingerprint density at radius 2 is 2.11 bits per heavy atom. The van der Waals surface area contributed by atoms with Gasteiger partial charge in [-0.2, -0.15) is 4.37 Å². The number of aryl methyl sites for hydroxylation is 1. The van der Waals surface area contributed by atoms with E-state index in [0.29, 0.717) is 27.5 Å². The average Bonchev–Trinajstić information content (AvgIpc) is 3.18. The van der Waals surface area contributed by atoms with Gasteiger partial charge in [0.2, 0.25) is 5.43 Å². The number of rotatable bonds is 2. The van der Waals surface area contributed by atoms with Crippen LogP contribution in [0.2, 0.25) is 0 Å². The zero-order valence-electron chi connectivity index (χ0n) is 15.8. The van der Waals surface area contributed by atoms with Crippen LogP contribution in [0.5, 0.6) is 0 Å². The molecule has 0 saturated carbocycles. The second kappa shape index (κ2) is 6.20. The van der Waals surface area contributed by atoms with Crippen LogP contribution < -0.4 is 16.1 Å². The number of aromatic nitrogens is 2.